The van der Waals surface area contributed by atoms with Gasteiger partial charge in [0.2, 0.25) is 0 Å². The highest BCUT2D eigenvalue weighted by molar-refractivity contribution is 8.10. The molecule has 0 aliphatic carbocycles. The highest BCUT2D eigenvalue weighted by Gasteiger charge is 2.02. The summed E-state index contributed by atoms with van der Waals surface area (Å²) in [5.74, 6) is 0. The highest BCUT2D eigenvalue weighted by atomic mass is 32.2. The zero-order chi connectivity index (χ0) is 9.10. The van der Waals surface area contributed by atoms with E-state index in [-0.39, 0.29) is 0 Å². The van der Waals surface area contributed by atoms with Gasteiger partial charge in [0, 0.05) is 17.3 Å². The quantitative estimate of drug-likeness (QED) is 0.660. The molecule has 0 aromatic heterocycles. The highest BCUT2D eigenvalue weighted by Crippen LogP contribution is 2.29. The van der Waals surface area contributed by atoms with Crippen LogP contribution < -0.4 is 5.32 Å². The zero-order valence-electron chi connectivity index (χ0n) is 7.40. The Morgan fingerprint density at radius 2 is 1.92 bits per heavy atom. The summed E-state index contributed by atoms with van der Waals surface area (Å²) >= 11 is 1.71. The largest absolute Gasteiger partial charge is 0.263 e. The number of hydrogen-bond donors (Lipinski definition) is 0. The van der Waals surface area contributed by atoms with Crippen LogP contribution in [0.5, 0.6) is 0 Å². The molecule has 0 saturated carbocycles. The van der Waals surface area contributed by atoms with Gasteiger partial charge in [0.25, 0.3) is 0 Å². The van der Waals surface area contributed by atoms with Gasteiger partial charge in [-0.3, -0.25) is 5.32 Å². The fourth-order valence-electron chi connectivity index (χ4n) is 1.14. The summed E-state index contributed by atoms with van der Waals surface area (Å²) in [5.41, 5.74) is 2.53. The lowest BCUT2D eigenvalue weighted by Crippen LogP contribution is -1.90. The average Bonchev–Trinajstić information content (AvgIpc) is 2.20. The van der Waals surface area contributed by atoms with E-state index in [1.807, 2.05) is 17.8 Å². The van der Waals surface area contributed by atoms with E-state index in [4.69, 9.17) is 0 Å². The average molecular weight is 188 g/mol. The summed E-state index contributed by atoms with van der Waals surface area (Å²) in [6.45, 7) is 2.09. The molecule has 13 heavy (non-hydrogen) atoms. The van der Waals surface area contributed by atoms with Gasteiger partial charge < -0.3 is 0 Å². The number of rotatable bonds is 1. The minimum absolute atomic E-state index is 1.21. The van der Waals surface area contributed by atoms with E-state index in [1.54, 1.807) is 11.8 Å². The van der Waals surface area contributed by atoms with Crippen molar-refractivity contribution in [3.63, 3.8) is 0 Å². The van der Waals surface area contributed by atoms with Crippen molar-refractivity contribution in [2.24, 2.45) is 0 Å². The molecule has 0 bridgehead atoms. The minimum Gasteiger partial charge on any atom is -0.263 e. The van der Waals surface area contributed by atoms with Crippen LogP contribution in [0.1, 0.15) is 11.1 Å². The van der Waals surface area contributed by atoms with Crippen molar-refractivity contribution in [2.45, 2.75) is 6.92 Å². The van der Waals surface area contributed by atoms with Crippen molar-refractivity contribution >= 4 is 16.7 Å². The van der Waals surface area contributed by atoms with E-state index >= 15 is 0 Å². The fourth-order valence-corrected chi connectivity index (χ4v) is 1.81. The minimum atomic E-state index is 1.21. The first-order valence-corrected chi connectivity index (χ1v) is 5.03. The molecule has 1 heterocycles. The first-order valence-electron chi connectivity index (χ1n) is 4.15. The van der Waals surface area contributed by atoms with Crippen molar-refractivity contribution in [3.05, 3.63) is 53.2 Å². The maximum absolute atomic E-state index is 4.09. The summed E-state index contributed by atoms with van der Waals surface area (Å²) in [5, 5.41) is 6.09. The van der Waals surface area contributed by atoms with Crippen LogP contribution in [0.25, 0.3) is 4.91 Å². The summed E-state index contributed by atoms with van der Waals surface area (Å²) in [4.78, 5) is 1.21. The van der Waals surface area contributed by atoms with Gasteiger partial charge >= 0.3 is 0 Å². The van der Waals surface area contributed by atoms with Crippen LogP contribution in [0.2, 0.25) is 0 Å². The van der Waals surface area contributed by atoms with E-state index in [1.165, 1.54) is 16.0 Å². The third kappa shape index (κ3) is 1.95. The van der Waals surface area contributed by atoms with E-state index in [0.29, 0.717) is 0 Å². The molecule has 0 spiro atoms. The van der Waals surface area contributed by atoms with Gasteiger partial charge in [-0.25, -0.2) is 0 Å². The van der Waals surface area contributed by atoms with Gasteiger partial charge in [0.05, 0.1) is 0 Å². The number of aryl methyl sites for hydroxylation is 1. The Morgan fingerprint density at radius 3 is 2.54 bits per heavy atom. The molecule has 1 aliphatic rings. The Balaban J connectivity index is 2.25. The summed E-state index contributed by atoms with van der Waals surface area (Å²) < 4.78 is 0. The maximum atomic E-state index is 4.09. The lowest BCUT2D eigenvalue weighted by molar-refractivity contribution is 1.18. The van der Waals surface area contributed by atoms with Crippen LogP contribution in [0, 0.1) is 6.92 Å². The van der Waals surface area contributed by atoms with Crippen molar-refractivity contribution in [3.8, 4) is 0 Å². The van der Waals surface area contributed by atoms with Crippen LogP contribution >= 0.6 is 11.8 Å². The van der Waals surface area contributed by atoms with Crippen LogP contribution in [-0.4, -0.2) is 0 Å². The SMILES string of the molecule is Cc1ccc(C2=C[N]C=CS2)cc1. The predicted octanol–water partition coefficient (Wildman–Crippen LogP) is 3.12. The second-order valence-corrected chi connectivity index (χ2v) is 3.86. The van der Waals surface area contributed by atoms with Crippen LogP contribution in [0.15, 0.2) is 42.1 Å². The smallest absolute Gasteiger partial charge is 0.0413 e. The first-order chi connectivity index (χ1) is 6.36. The molecule has 1 aromatic carbocycles. The van der Waals surface area contributed by atoms with Crippen molar-refractivity contribution in [1.29, 1.82) is 0 Å². The number of thioether (sulfide) groups is 1. The molecular weight excluding hydrogens is 178 g/mol. The lowest BCUT2D eigenvalue weighted by atomic mass is 10.1. The molecule has 1 aromatic rings. The summed E-state index contributed by atoms with van der Waals surface area (Å²) in [6, 6.07) is 8.50. The molecule has 0 fully saturated rings. The molecule has 65 valence electrons. The lowest BCUT2D eigenvalue weighted by Gasteiger charge is -2.07. The van der Waals surface area contributed by atoms with Crippen LogP contribution in [0.3, 0.4) is 0 Å². The Hall–Kier alpha value is -1.15. The second-order valence-electron chi connectivity index (χ2n) is 2.91. The molecular formula is C11H10NS. The maximum Gasteiger partial charge on any atom is 0.0413 e. The number of nitrogens with zero attached hydrogens (tertiary/aromatic N) is 1. The Morgan fingerprint density at radius 1 is 1.15 bits per heavy atom. The first kappa shape index (κ1) is 8.45. The van der Waals surface area contributed by atoms with E-state index in [0.717, 1.165) is 0 Å². The Kier molecular flexibility index (Phi) is 2.41. The van der Waals surface area contributed by atoms with Gasteiger partial charge in [-0.15, -0.1) is 0 Å². The van der Waals surface area contributed by atoms with E-state index in [2.05, 4.69) is 36.5 Å². The van der Waals surface area contributed by atoms with Gasteiger partial charge in [0.1, 0.15) is 0 Å². The predicted molar refractivity (Wildman–Crippen MR) is 58.0 cm³/mol. The van der Waals surface area contributed by atoms with Crippen molar-refractivity contribution in [2.75, 3.05) is 0 Å². The molecule has 1 nitrogen and oxygen atoms in total. The summed E-state index contributed by atoms with van der Waals surface area (Å²) in [6.07, 6.45) is 3.71. The van der Waals surface area contributed by atoms with Crippen molar-refractivity contribution in [1.82, 2.24) is 5.32 Å². The molecule has 2 rings (SSSR count). The molecule has 0 atom stereocenters. The van der Waals surface area contributed by atoms with Gasteiger partial charge in [-0.1, -0.05) is 41.6 Å². The normalized spacial score (nSPS) is 15.0. The number of hydrogen-bond acceptors (Lipinski definition) is 1. The molecule has 0 saturated heterocycles. The van der Waals surface area contributed by atoms with Crippen LogP contribution in [0.4, 0.5) is 0 Å². The monoisotopic (exact) mass is 188 g/mol. The molecule has 1 radical (unpaired) electrons. The van der Waals surface area contributed by atoms with Gasteiger partial charge in [0.15, 0.2) is 0 Å². The number of benzene rings is 1. The van der Waals surface area contributed by atoms with E-state index < -0.39 is 0 Å². The third-order valence-corrected chi connectivity index (χ3v) is 2.72. The van der Waals surface area contributed by atoms with Crippen LogP contribution in [-0.2, 0) is 0 Å². The molecule has 0 unspecified atom stereocenters. The zero-order valence-corrected chi connectivity index (χ0v) is 8.21. The standard InChI is InChI=1S/C11H10NS/c1-9-2-4-10(5-3-9)11-8-12-6-7-13-11/h2-8H,1H3. The molecule has 1 aliphatic heterocycles. The van der Waals surface area contributed by atoms with Crippen molar-refractivity contribution < 1.29 is 0 Å². The Labute approximate surface area is 82.5 Å². The topological polar surface area (TPSA) is 14.1 Å². The summed E-state index contributed by atoms with van der Waals surface area (Å²) in [7, 11) is 0. The Bertz CT molecular complexity index is 349. The fraction of sp³-hybridized carbons (Fsp3) is 0.0909. The van der Waals surface area contributed by atoms with Gasteiger partial charge in [-0.05, 0) is 17.9 Å². The van der Waals surface area contributed by atoms with E-state index in [9.17, 15) is 0 Å². The third-order valence-electron chi connectivity index (χ3n) is 1.87. The molecule has 2 heteroatoms. The van der Waals surface area contributed by atoms with Gasteiger partial charge in [-0.2, -0.15) is 0 Å². The molecule has 0 N–H and O–H groups in total. The molecule has 0 amide bonds. The second kappa shape index (κ2) is 3.71.